The molecule has 4 aromatic heterocycles. The summed E-state index contributed by atoms with van der Waals surface area (Å²) >= 11 is 0. The van der Waals surface area contributed by atoms with E-state index in [0.717, 1.165) is 40.7 Å². The van der Waals surface area contributed by atoms with Crippen LogP contribution in [0.25, 0.3) is 60.9 Å². The van der Waals surface area contributed by atoms with Crippen LogP contribution in [0.1, 0.15) is 22.3 Å². The van der Waals surface area contributed by atoms with Crippen LogP contribution in [0.4, 0.5) is 0 Å². The van der Waals surface area contributed by atoms with Gasteiger partial charge in [0, 0.05) is 23.2 Å². The lowest BCUT2D eigenvalue weighted by molar-refractivity contribution is 1.19. The summed E-state index contributed by atoms with van der Waals surface area (Å²) in [4.78, 5) is 14.6. The molecule has 0 amide bonds. The first-order valence-electron chi connectivity index (χ1n) is 12.0. The van der Waals surface area contributed by atoms with Gasteiger partial charge in [-0.1, -0.05) is 42.5 Å². The van der Waals surface area contributed by atoms with Crippen molar-refractivity contribution in [2.75, 3.05) is 0 Å². The number of imidazole rings is 1. The first kappa shape index (κ1) is 17.8. The van der Waals surface area contributed by atoms with Crippen molar-refractivity contribution in [2.45, 2.75) is 12.8 Å². The summed E-state index contributed by atoms with van der Waals surface area (Å²) in [6.45, 7) is 0. The number of hydrogen-bond donors (Lipinski definition) is 0. The topological polar surface area (TPSA) is 43.1 Å². The molecule has 9 rings (SSSR count). The minimum atomic E-state index is 0.854. The van der Waals surface area contributed by atoms with Gasteiger partial charge < -0.3 is 0 Å². The number of nitrogens with zero attached hydrogens (tertiary/aromatic N) is 4. The Hall–Kier alpha value is -4.57. The Morgan fingerprint density at radius 2 is 1.40 bits per heavy atom. The lowest BCUT2D eigenvalue weighted by Gasteiger charge is -2.13. The standard InChI is InChI=1S/C31H18N4/c1-2-6-21-17(5-1)13-19-15-20-14-18-9-10-22-23-7-3-11-32-29(23)35-30-26(8-4-12-33-30)34-31(35)28(22)27(18)25(20)16-24(19)21/h1-12,15-16H,13-14H2. The Bertz CT molecular complexity index is 2070. The van der Waals surface area contributed by atoms with Crippen LogP contribution in [0.15, 0.2) is 85.2 Å². The third-order valence-electron chi connectivity index (χ3n) is 7.89. The van der Waals surface area contributed by atoms with Crippen LogP contribution in [-0.2, 0) is 12.8 Å². The van der Waals surface area contributed by atoms with E-state index >= 15 is 0 Å². The maximum Gasteiger partial charge on any atom is 0.166 e. The molecule has 7 aromatic rings. The third kappa shape index (κ3) is 2.15. The second-order valence-electron chi connectivity index (χ2n) is 9.69. The molecule has 0 spiro atoms. The van der Waals surface area contributed by atoms with Gasteiger partial charge in [0.05, 0.1) is 0 Å². The van der Waals surface area contributed by atoms with Crippen molar-refractivity contribution in [3.8, 4) is 22.3 Å². The fraction of sp³-hybridized carbons (Fsp3) is 0.0645. The van der Waals surface area contributed by atoms with Gasteiger partial charge in [0.1, 0.15) is 16.8 Å². The third-order valence-corrected chi connectivity index (χ3v) is 7.89. The number of pyridine rings is 3. The first-order chi connectivity index (χ1) is 17.3. The zero-order chi connectivity index (χ0) is 22.7. The maximum atomic E-state index is 5.11. The van der Waals surface area contributed by atoms with Crippen LogP contribution >= 0.6 is 0 Å². The van der Waals surface area contributed by atoms with Gasteiger partial charge in [0.15, 0.2) is 5.65 Å². The number of benzene rings is 3. The summed E-state index contributed by atoms with van der Waals surface area (Å²) in [6.07, 6.45) is 5.67. The average Bonchev–Trinajstić information content (AvgIpc) is 3.58. The molecule has 4 heterocycles. The van der Waals surface area contributed by atoms with E-state index in [4.69, 9.17) is 15.0 Å². The van der Waals surface area contributed by atoms with Gasteiger partial charge in [-0.05, 0) is 93.1 Å². The van der Waals surface area contributed by atoms with Gasteiger partial charge in [0.2, 0.25) is 0 Å². The second-order valence-corrected chi connectivity index (χ2v) is 9.69. The van der Waals surface area contributed by atoms with E-state index in [9.17, 15) is 0 Å². The van der Waals surface area contributed by atoms with Crippen molar-refractivity contribution in [1.29, 1.82) is 0 Å². The van der Waals surface area contributed by atoms with Crippen molar-refractivity contribution >= 4 is 38.6 Å². The normalized spacial score (nSPS) is 13.5. The molecule has 0 radical (unpaired) electrons. The first-order valence-corrected chi connectivity index (χ1v) is 12.0. The lowest BCUT2D eigenvalue weighted by atomic mass is 9.94. The van der Waals surface area contributed by atoms with E-state index < -0.39 is 0 Å². The summed E-state index contributed by atoms with van der Waals surface area (Å²) in [5.74, 6) is 0. The molecule has 4 nitrogen and oxygen atoms in total. The highest BCUT2D eigenvalue weighted by atomic mass is 15.1. The van der Waals surface area contributed by atoms with Crippen LogP contribution in [-0.4, -0.2) is 19.4 Å². The Labute approximate surface area is 200 Å². The van der Waals surface area contributed by atoms with Crippen molar-refractivity contribution in [3.05, 3.63) is 107 Å². The molecule has 35 heavy (non-hydrogen) atoms. The molecule has 162 valence electrons. The zero-order valence-electron chi connectivity index (χ0n) is 18.8. The van der Waals surface area contributed by atoms with Gasteiger partial charge in [-0.2, -0.15) is 0 Å². The summed E-state index contributed by atoms with van der Waals surface area (Å²) < 4.78 is 2.15. The molecule has 0 aliphatic heterocycles. The van der Waals surface area contributed by atoms with Gasteiger partial charge in [-0.15, -0.1) is 0 Å². The van der Waals surface area contributed by atoms with Crippen molar-refractivity contribution in [1.82, 2.24) is 19.4 Å². The summed E-state index contributed by atoms with van der Waals surface area (Å²) in [5.41, 5.74) is 14.6. The Kier molecular flexibility index (Phi) is 3.11. The van der Waals surface area contributed by atoms with E-state index in [1.807, 2.05) is 30.6 Å². The van der Waals surface area contributed by atoms with Crippen molar-refractivity contribution in [2.24, 2.45) is 0 Å². The molecular formula is C31H18N4. The van der Waals surface area contributed by atoms with E-state index in [0.29, 0.717) is 0 Å². The SMILES string of the molecule is c1ccc2c(c1)Cc1cc3c(cc1-2)-c1c(ccc2c4cccnc4n4c5ncccc5nc4c12)C3. The van der Waals surface area contributed by atoms with E-state index in [2.05, 4.69) is 59.0 Å². The molecule has 0 saturated heterocycles. The summed E-state index contributed by atoms with van der Waals surface area (Å²) in [7, 11) is 0. The van der Waals surface area contributed by atoms with E-state index in [-0.39, 0.29) is 0 Å². The molecule has 0 unspecified atom stereocenters. The van der Waals surface area contributed by atoms with Crippen LogP contribution in [0.5, 0.6) is 0 Å². The Balaban J connectivity index is 1.48. The number of rotatable bonds is 0. The van der Waals surface area contributed by atoms with Gasteiger partial charge in [0.25, 0.3) is 0 Å². The average molecular weight is 447 g/mol. The minimum Gasteiger partial charge on any atom is -0.260 e. The highest BCUT2D eigenvalue weighted by Gasteiger charge is 2.28. The summed E-state index contributed by atoms with van der Waals surface area (Å²) in [6, 6.07) is 26.4. The van der Waals surface area contributed by atoms with E-state index in [1.54, 1.807) is 0 Å². The number of fused-ring (bicyclic) bond motifs is 15. The highest BCUT2D eigenvalue weighted by molar-refractivity contribution is 6.19. The van der Waals surface area contributed by atoms with Crippen molar-refractivity contribution < 1.29 is 0 Å². The van der Waals surface area contributed by atoms with Crippen LogP contribution in [0.3, 0.4) is 0 Å². The van der Waals surface area contributed by atoms with Crippen LogP contribution < -0.4 is 0 Å². The molecule has 0 bridgehead atoms. The molecule has 2 aliphatic carbocycles. The highest BCUT2D eigenvalue weighted by Crippen LogP contribution is 2.48. The van der Waals surface area contributed by atoms with Crippen LogP contribution in [0, 0.1) is 0 Å². The molecular weight excluding hydrogens is 428 g/mol. The predicted molar refractivity (Wildman–Crippen MR) is 140 cm³/mol. The molecule has 0 fully saturated rings. The smallest absolute Gasteiger partial charge is 0.166 e. The monoisotopic (exact) mass is 446 g/mol. The van der Waals surface area contributed by atoms with E-state index in [1.165, 1.54) is 55.3 Å². The summed E-state index contributed by atoms with van der Waals surface area (Å²) in [5, 5.41) is 3.53. The maximum absolute atomic E-state index is 5.11. The minimum absolute atomic E-state index is 0.854. The number of aromatic nitrogens is 4. The number of hydrogen-bond acceptors (Lipinski definition) is 3. The lowest BCUT2D eigenvalue weighted by Crippen LogP contribution is -1.96. The molecule has 2 aliphatic rings. The zero-order valence-corrected chi connectivity index (χ0v) is 18.8. The largest absolute Gasteiger partial charge is 0.260 e. The Morgan fingerprint density at radius 3 is 2.37 bits per heavy atom. The molecule has 3 aromatic carbocycles. The molecule has 4 heteroatoms. The van der Waals surface area contributed by atoms with Gasteiger partial charge in [-0.3, -0.25) is 4.40 Å². The van der Waals surface area contributed by atoms with Gasteiger partial charge in [-0.25, -0.2) is 15.0 Å². The predicted octanol–water partition coefficient (Wildman–Crippen LogP) is 6.73. The van der Waals surface area contributed by atoms with Crippen molar-refractivity contribution in [3.63, 3.8) is 0 Å². The van der Waals surface area contributed by atoms with Crippen LogP contribution in [0.2, 0.25) is 0 Å². The molecule has 0 saturated carbocycles. The fourth-order valence-electron chi connectivity index (χ4n) is 6.44. The second kappa shape index (κ2) is 6.10. The fourth-order valence-corrected chi connectivity index (χ4v) is 6.44. The van der Waals surface area contributed by atoms with Gasteiger partial charge >= 0.3 is 0 Å². The Morgan fingerprint density at radius 1 is 0.571 bits per heavy atom. The molecule has 0 N–H and O–H groups in total. The molecule has 0 atom stereocenters. The quantitative estimate of drug-likeness (QED) is 0.243.